The van der Waals surface area contributed by atoms with E-state index in [2.05, 4.69) is 0 Å². The zero-order valence-electron chi connectivity index (χ0n) is 15.9. The molecule has 6 nitrogen and oxygen atoms in total. The molecule has 6 atom stereocenters. The number of aliphatic hydroxyl groups excluding tert-OH is 1. The third-order valence-electron chi connectivity index (χ3n) is 5.44. The molecule has 0 radical (unpaired) electrons. The summed E-state index contributed by atoms with van der Waals surface area (Å²) in [6, 6.07) is 9.71. The lowest BCUT2D eigenvalue weighted by Crippen LogP contribution is -2.56. The van der Waals surface area contributed by atoms with Gasteiger partial charge in [-0.05, 0) is 17.4 Å². The van der Waals surface area contributed by atoms with Gasteiger partial charge in [-0.15, -0.1) is 0 Å². The van der Waals surface area contributed by atoms with Crippen LogP contribution in [0, 0.1) is 17.8 Å². The first-order valence-corrected chi connectivity index (χ1v) is 9.07. The molecule has 1 aromatic carbocycles. The molecule has 1 aliphatic rings. The summed E-state index contributed by atoms with van der Waals surface area (Å²) in [7, 11) is 1.23. The number of methoxy groups -OCH3 is 1. The SMILES string of the molecule is COC(=O)[C@]1(O)C[C@@H](C)[C@@H](C)C([C@H](C)[C@@H](CO)OCc2ccccc2)O1. The predicted molar refractivity (Wildman–Crippen MR) is 96.1 cm³/mol. The second kappa shape index (κ2) is 8.95. The Morgan fingerprint density at radius 2 is 2.00 bits per heavy atom. The number of benzene rings is 1. The van der Waals surface area contributed by atoms with Crippen molar-refractivity contribution < 1.29 is 29.2 Å². The van der Waals surface area contributed by atoms with Crippen molar-refractivity contribution in [2.45, 2.75) is 51.8 Å². The van der Waals surface area contributed by atoms with Gasteiger partial charge in [-0.2, -0.15) is 0 Å². The second-order valence-electron chi connectivity index (χ2n) is 7.28. The van der Waals surface area contributed by atoms with E-state index in [-0.39, 0.29) is 30.8 Å². The zero-order valence-corrected chi connectivity index (χ0v) is 15.9. The van der Waals surface area contributed by atoms with Gasteiger partial charge in [-0.25, -0.2) is 4.79 Å². The monoisotopic (exact) mass is 366 g/mol. The molecule has 1 unspecified atom stereocenters. The van der Waals surface area contributed by atoms with Gasteiger partial charge in [0.1, 0.15) is 0 Å². The van der Waals surface area contributed by atoms with Crippen LogP contribution < -0.4 is 0 Å². The highest BCUT2D eigenvalue weighted by molar-refractivity contribution is 5.77. The first-order chi connectivity index (χ1) is 12.3. The van der Waals surface area contributed by atoms with Crippen LogP contribution in [-0.2, 0) is 25.6 Å². The van der Waals surface area contributed by atoms with Gasteiger partial charge in [0.05, 0.1) is 32.5 Å². The highest BCUT2D eigenvalue weighted by Crippen LogP contribution is 2.40. The Morgan fingerprint density at radius 3 is 2.58 bits per heavy atom. The summed E-state index contributed by atoms with van der Waals surface area (Å²) in [5.41, 5.74) is 1.01. The molecule has 2 N–H and O–H groups in total. The maximum Gasteiger partial charge on any atom is 0.366 e. The molecule has 0 bridgehead atoms. The van der Waals surface area contributed by atoms with Gasteiger partial charge < -0.3 is 24.4 Å². The topological polar surface area (TPSA) is 85.2 Å². The molecule has 0 spiro atoms. The Bertz CT molecular complexity index is 577. The quantitative estimate of drug-likeness (QED) is 0.719. The Balaban J connectivity index is 2.10. The molecule has 0 aliphatic carbocycles. The Labute approximate surface area is 155 Å². The summed E-state index contributed by atoms with van der Waals surface area (Å²) in [5, 5.41) is 20.4. The summed E-state index contributed by atoms with van der Waals surface area (Å²) in [5.74, 6) is -2.84. The average molecular weight is 366 g/mol. The lowest BCUT2D eigenvalue weighted by molar-refractivity contribution is -0.289. The molecule has 1 fully saturated rings. The first kappa shape index (κ1) is 20.8. The van der Waals surface area contributed by atoms with E-state index in [0.717, 1.165) is 5.56 Å². The molecule has 1 aromatic rings. The average Bonchev–Trinajstić information content (AvgIpc) is 2.65. The van der Waals surface area contributed by atoms with Crippen molar-refractivity contribution in [1.29, 1.82) is 0 Å². The maximum atomic E-state index is 12.0. The largest absolute Gasteiger partial charge is 0.465 e. The number of ether oxygens (including phenoxy) is 3. The summed E-state index contributed by atoms with van der Waals surface area (Å²) >= 11 is 0. The van der Waals surface area contributed by atoms with Crippen LogP contribution >= 0.6 is 0 Å². The van der Waals surface area contributed by atoms with Gasteiger partial charge in [0, 0.05) is 12.3 Å². The van der Waals surface area contributed by atoms with Gasteiger partial charge in [-0.1, -0.05) is 51.1 Å². The first-order valence-electron chi connectivity index (χ1n) is 9.07. The van der Waals surface area contributed by atoms with E-state index >= 15 is 0 Å². The fourth-order valence-corrected chi connectivity index (χ4v) is 3.56. The summed E-state index contributed by atoms with van der Waals surface area (Å²) in [4.78, 5) is 12.0. The standard InChI is InChI=1S/C20H30O6/c1-13-10-20(23,19(22)24-4)26-18(14(13)2)15(3)17(11-21)25-12-16-8-6-5-7-9-16/h5-9,13-15,17-18,21,23H,10-12H2,1-4H3/t13-,14-,15-,17-,18?,20+/m1/s1. The zero-order chi connectivity index (χ0) is 19.3. The molecule has 26 heavy (non-hydrogen) atoms. The van der Waals surface area contributed by atoms with Crippen molar-refractivity contribution in [2.75, 3.05) is 13.7 Å². The van der Waals surface area contributed by atoms with Crippen LogP contribution in [0.15, 0.2) is 30.3 Å². The lowest BCUT2D eigenvalue weighted by atomic mass is 9.76. The van der Waals surface area contributed by atoms with E-state index in [1.54, 1.807) is 0 Å². The second-order valence-corrected chi connectivity index (χ2v) is 7.28. The molecule has 146 valence electrons. The number of hydrogen-bond donors (Lipinski definition) is 2. The van der Waals surface area contributed by atoms with E-state index in [9.17, 15) is 15.0 Å². The van der Waals surface area contributed by atoms with Gasteiger partial charge in [0.2, 0.25) is 0 Å². The van der Waals surface area contributed by atoms with Crippen molar-refractivity contribution in [3.05, 3.63) is 35.9 Å². The minimum atomic E-state index is -1.96. The number of carbonyl (C=O) groups is 1. The molecular formula is C20H30O6. The van der Waals surface area contributed by atoms with Crippen molar-refractivity contribution in [3.8, 4) is 0 Å². The highest BCUT2D eigenvalue weighted by Gasteiger charge is 2.51. The molecule has 1 aliphatic heterocycles. The van der Waals surface area contributed by atoms with Gasteiger partial charge in [-0.3, -0.25) is 0 Å². The summed E-state index contributed by atoms with van der Waals surface area (Å²) in [6.45, 7) is 6.09. The third-order valence-corrected chi connectivity index (χ3v) is 5.44. The summed E-state index contributed by atoms with van der Waals surface area (Å²) < 4.78 is 16.4. The van der Waals surface area contributed by atoms with Crippen LogP contribution in [0.1, 0.15) is 32.8 Å². The Hall–Kier alpha value is -1.47. The number of carbonyl (C=O) groups excluding carboxylic acids is 1. The summed E-state index contributed by atoms with van der Waals surface area (Å²) in [6.07, 6.45) is -0.746. The molecule has 0 saturated carbocycles. The van der Waals surface area contributed by atoms with Crippen molar-refractivity contribution in [3.63, 3.8) is 0 Å². The number of hydrogen-bond acceptors (Lipinski definition) is 6. The third kappa shape index (κ3) is 4.62. The van der Waals surface area contributed by atoms with Crippen LogP contribution in [0.4, 0.5) is 0 Å². The van der Waals surface area contributed by atoms with Crippen molar-refractivity contribution in [1.82, 2.24) is 0 Å². The van der Waals surface area contributed by atoms with E-state index in [1.165, 1.54) is 7.11 Å². The number of aliphatic hydroxyl groups is 2. The van der Waals surface area contributed by atoms with E-state index in [1.807, 2.05) is 51.1 Å². The van der Waals surface area contributed by atoms with Crippen molar-refractivity contribution in [2.24, 2.45) is 17.8 Å². The molecule has 0 amide bonds. The van der Waals surface area contributed by atoms with Crippen LogP contribution in [-0.4, -0.2) is 47.9 Å². The van der Waals surface area contributed by atoms with Gasteiger partial charge in [0.25, 0.3) is 5.79 Å². The molecule has 6 heteroatoms. The molecule has 1 heterocycles. The van der Waals surface area contributed by atoms with Crippen LogP contribution in [0.3, 0.4) is 0 Å². The minimum absolute atomic E-state index is 0.0498. The Morgan fingerprint density at radius 1 is 1.35 bits per heavy atom. The van der Waals surface area contributed by atoms with Crippen LogP contribution in [0.5, 0.6) is 0 Å². The van der Waals surface area contributed by atoms with Gasteiger partial charge >= 0.3 is 5.97 Å². The normalized spacial score (nSPS) is 31.2. The van der Waals surface area contributed by atoms with Gasteiger partial charge in [0.15, 0.2) is 0 Å². The molecule has 0 aromatic heterocycles. The predicted octanol–water partition coefficient (Wildman–Crippen LogP) is 2.12. The molecular weight excluding hydrogens is 336 g/mol. The lowest BCUT2D eigenvalue weighted by Gasteiger charge is -2.45. The molecule has 1 saturated heterocycles. The maximum absolute atomic E-state index is 12.0. The van der Waals surface area contributed by atoms with E-state index in [4.69, 9.17) is 14.2 Å². The van der Waals surface area contributed by atoms with Crippen LogP contribution in [0.2, 0.25) is 0 Å². The highest BCUT2D eigenvalue weighted by atomic mass is 16.7. The fourth-order valence-electron chi connectivity index (χ4n) is 3.56. The minimum Gasteiger partial charge on any atom is -0.465 e. The van der Waals surface area contributed by atoms with E-state index < -0.39 is 24.0 Å². The van der Waals surface area contributed by atoms with Crippen molar-refractivity contribution >= 4 is 5.97 Å². The fraction of sp³-hybridized carbons (Fsp3) is 0.650. The molecule has 2 rings (SSSR count). The van der Waals surface area contributed by atoms with Crippen LogP contribution in [0.25, 0.3) is 0 Å². The number of esters is 1. The van der Waals surface area contributed by atoms with E-state index in [0.29, 0.717) is 6.61 Å². The number of rotatable bonds is 7. The Kier molecular flexibility index (Phi) is 7.17. The smallest absolute Gasteiger partial charge is 0.366 e.